The van der Waals surface area contributed by atoms with E-state index in [0.29, 0.717) is 5.39 Å². The molecule has 0 radical (unpaired) electrons. The molecule has 0 saturated heterocycles. The number of halogens is 3. The van der Waals surface area contributed by atoms with Crippen LogP contribution in [0.25, 0.3) is 10.9 Å². The second-order valence-electron chi connectivity index (χ2n) is 3.03. The van der Waals surface area contributed by atoms with E-state index in [0.717, 1.165) is 15.3 Å². The lowest BCUT2D eigenvalue weighted by atomic mass is 10.2. The van der Waals surface area contributed by atoms with Gasteiger partial charge in [-0.2, -0.15) is 0 Å². The molecule has 0 aliphatic rings. The van der Waals surface area contributed by atoms with Gasteiger partial charge in [-0.05, 0) is 41.6 Å². The van der Waals surface area contributed by atoms with E-state index >= 15 is 0 Å². The molecule has 1 nitrogen and oxygen atoms in total. The van der Waals surface area contributed by atoms with Crippen LogP contribution in [0.1, 0.15) is 5.69 Å². The van der Waals surface area contributed by atoms with Crippen LogP contribution in [-0.4, -0.2) is 4.98 Å². The molecule has 0 aliphatic heterocycles. The predicted molar refractivity (Wildman–Crippen MR) is 59.1 cm³/mol. The van der Waals surface area contributed by atoms with E-state index in [1.165, 1.54) is 6.07 Å². The summed E-state index contributed by atoms with van der Waals surface area (Å²) in [7, 11) is 0. The van der Waals surface area contributed by atoms with Gasteiger partial charge in [0.1, 0.15) is 11.3 Å². The van der Waals surface area contributed by atoms with Crippen molar-refractivity contribution in [3.63, 3.8) is 0 Å². The van der Waals surface area contributed by atoms with Gasteiger partial charge >= 0.3 is 0 Å². The molecule has 0 saturated carbocycles. The Morgan fingerprint density at radius 2 is 1.93 bits per heavy atom. The van der Waals surface area contributed by atoms with Crippen molar-refractivity contribution in [1.29, 1.82) is 0 Å². The lowest BCUT2D eigenvalue weighted by Gasteiger charge is -2.03. The summed E-state index contributed by atoms with van der Waals surface area (Å²) in [5.74, 6) is -1.18. The van der Waals surface area contributed by atoms with Gasteiger partial charge in [0.15, 0.2) is 5.82 Å². The summed E-state index contributed by atoms with van der Waals surface area (Å²) in [5.41, 5.74) is 0.961. The Kier molecular flexibility index (Phi) is 2.38. The maximum Gasteiger partial charge on any atom is 0.152 e. The molecule has 0 atom stereocenters. The standard InChI is InChI=1S/C10H6F2IN/c1-5-2-9(13)7-3-6(11)4-8(12)10(7)14-5/h2-4H,1H3. The van der Waals surface area contributed by atoms with Crippen molar-refractivity contribution in [3.8, 4) is 0 Å². The van der Waals surface area contributed by atoms with Crippen molar-refractivity contribution in [2.75, 3.05) is 0 Å². The van der Waals surface area contributed by atoms with Crippen LogP contribution in [0.4, 0.5) is 8.78 Å². The first-order valence-corrected chi connectivity index (χ1v) is 5.07. The van der Waals surface area contributed by atoms with Crippen molar-refractivity contribution < 1.29 is 8.78 Å². The molecule has 1 aromatic heterocycles. The van der Waals surface area contributed by atoms with Crippen LogP contribution in [0.15, 0.2) is 18.2 Å². The average molecular weight is 305 g/mol. The molecule has 1 aromatic carbocycles. The fourth-order valence-corrected chi connectivity index (χ4v) is 2.19. The third-order valence-electron chi connectivity index (χ3n) is 1.91. The highest BCUT2D eigenvalue weighted by molar-refractivity contribution is 14.1. The molecule has 0 spiro atoms. The van der Waals surface area contributed by atoms with Gasteiger partial charge in [0.25, 0.3) is 0 Å². The van der Waals surface area contributed by atoms with Gasteiger partial charge in [-0.25, -0.2) is 13.8 Å². The maximum absolute atomic E-state index is 13.3. The zero-order valence-electron chi connectivity index (χ0n) is 7.31. The molecule has 0 amide bonds. The van der Waals surface area contributed by atoms with E-state index in [4.69, 9.17) is 0 Å². The summed E-state index contributed by atoms with van der Waals surface area (Å²) in [6.45, 7) is 1.78. The highest BCUT2D eigenvalue weighted by atomic mass is 127. The SMILES string of the molecule is Cc1cc(I)c2cc(F)cc(F)c2n1. The molecule has 2 rings (SSSR count). The number of aromatic nitrogens is 1. The summed E-state index contributed by atoms with van der Waals surface area (Å²) in [4.78, 5) is 4.03. The second-order valence-corrected chi connectivity index (χ2v) is 4.19. The number of rotatable bonds is 0. The van der Waals surface area contributed by atoms with E-state index in [9.17, 15) is 8.78 Å². The molecule has 0 N–H and O–H groups in total. The summed E-state index contributed by atoms with van der Waals surface area (Å²) in [6, 6.07) is 3.94. The average Bonchev–Trinajstić information content (AvgIpc) is 2.07. The van der Waals surface area contributed by atoms with E-state index in [-0.39, 0.29) is 5.52 Å². The van der Waals surface area contributed by atoms with Gasteiger partial charge in [-0.1, -0.05) is 0 Å². The summed E-state index contributed by atoms with van der Waals surface area (Å²) in [6.07, 6.45) is 0. The van der Waals surface area contributed by atoms with E-state index < -0.39 is 11.6 Å². The zero-order valence-corrected chi connectivity index (χ0v) is 9.47. The van der Waals surface area contributed by atoms with Crippen molar-refractivity contribution >= 4 is 33.5 Å². The van der Waals surface area contributed by atoms with Crippen molar-refractivity contribution in [3.05, 3.63) is 39.1 Å². The lowest BCUT2D eigenvalue weighted by molar-refractivity contribution is 0.590. The summed E-state index contributed by atoms with van der Waals surface area (Å²) in [5, 5.41) is 0.522. The molecule has 4 heteroatoms. The topological polar surface area (TPSA) is 12.9 Å². The van der Waals surface area contributed by atoms with Crippen LogP contribution in [0.5, 0.6) is 0 Å². The van der Waals surface area contributed by atoms with E-state index in [1.807, 2.05) is 22.6 Å². The Morgan fingerprint density at radius 3 is 2.64 bits per heavy atom. The molecular weight excluding hydrogens is 299 g/mol. The van der Waals surface area contributed by atoms with Crippen LogP contribution in [-0.2, 0) is 0 Å². The Bertz CT molecular complexity index is 464. The van der Waals surface area contributed by atoms with Crippen LogP contribution in [0.2, 0.25) is 0 Å². The number of aryl methyl sites for hydroxylation is 1. The van der Waals surface area contributed by atoms with Crippen LogP contribution < -0.4 is 0 Å². The predicted octanol–water partition coefficient (Wildman–Crippen LogP) is 3.43. The van der Waals surface area contributed by atoms with E-state index in [2.05, 4.69) is 4.98 Å². The zero-order chi connectivity index (χ0) is 10.3. The molecule has 1 heterocycles. The third-order valence-corrected chi connectivity index (χ3v) is 2.80. The fraction of sp³-hybridized carbons (Fsp3) is 0.100. The molecule has 0 aliphatic carbocycles. The van der Waals surface area contributed by atoms with Crippen LogP contribution in [0, 0.1) is 22.1 Å². The van der Waals surface area contributed by atoms with Gasteiger partial charge in [-0.15, -0.1) is 0 Å². The molecule has 0 unspecified atom stereocenters. The van der Waals surface area contributed by atoms with Gasteiger partial charge in [-0.3, -0.25) is 0 Å². The van der Waals surface area contributed by atoms with Crippen molar-refractivity contribution in [2.24, 2.45) is 0 Å². The number of fused-ring (bicyclic) bond motifs is 1. The van der Waals surface area contributed by atoms with Crippen molar-refractivity contribution in [2.45, 2.75) is 6.92 Å². The lowest BCUT2D eigenvalue weighted by Crippen LogP contribution is -1.92. The summed E-state index contributed by atoms with van der Waals surface area (Å²) < 4.78 is 27.0. The number of benzene rings is 1. The quantitative estimate of drug-likeness (QED) is 0.680. The minimum absolute atomic E-state index is 0.232. The van der Waals surface area contributed by atoms with Crippen LogP contribution in [0.3, 0.4) is 0 Å². The first-order chi connectivity index (χ1) is 6.58. The Balaban J connectivity index is 2.94. The Labute approximate surface area is 93.3 Å². The van der Waals surface area contributed by atoms with Gasteiger partial charge < -0.3 is 0 Å². The van der Waals surface area contributed by atoms with E-state index in [1.54, 1.807) is 13.0 Å². The minimum atomic E-state index is -0.610. The maximum atomic E-state index is 13.3. The molecular formula is C10H6F2IN. The molecule has 2 aromatic rings. The monoisotopic (exact) mass is 305 g/mol. The first-order valence-electron chi connectivity index (χ1n) is 4.00. The number of pyridine rings is 1. The Hall–Kier alpha value is -0.780. The van der Waals surface area contributed by atoms with Gasteiger partial charge in [0.2, 0.25) is 0 Å². The number of hydrogen-bond donors (Lipinski definition) is 0. The Morgan fingerprint density at radius 1 is 1.21 bits per heavy atom. The first kappa shape index (κ1) is 9.76. The normalized spacial score (nSPS) is 10.9. The van der Waals surface area contributed by atoms with Crippen LogP contribution >= 0.6 is 22.6 Å². The largest absolute Gasteiger partial charge is 0.250 e. The smallest absolute Gasteiger partial charge is 0.152 e. The molecule has 0 bridgehead atoms. The highest BCUT2D eigenvalue weighted by Crippen LogP contribution is 2.23. The highest BCUT2D eigenvalue weighted by Gasteiger charge is 2.08. The fourth-order valence-electron chi connectivity index (χ4n) is 1.33. The molecule has 72 valence electrons. The van der Waals surface area contributed by atoms with Gasteiger partial charge in [0, 0.05) is 20.7 Å². The molecule has 14 heavy (non-hydrogen) atoms. The van der Waals surface area contributed by atoms with Gasteiger partial charge in [0.05, 0.1) is 0 Å². The second kappa shape index (κ2) is 3.42. The number of hydrogen-bond acceptors (Lipinski definition) is 1. The third kappa shape index (κ3) is 1.58. The minimum Gasteiger partial charge on any atom is -0.250 e. The summed E-state index contributed by atoms with van der Waals surface area (Å²) >= 11 is 2.04. The van der Waals surface area contributed by atoms with Crippen molar-refractivity contribution in [1.82, 2.24) is 4.98 Å². The molecule has 0 fully saturated rings. The number of nitrogens with zero attached hydrogens (tertiary/aromatic N) is 1.